The van der Waals surface area contributed by atoms with E-state index in [-0.39, 0.29) is 5.91 Å². The van der Waals surface area contributed by atoms with E-state index in [2.05, 4.69) is 15.5 Å². The van der Waals surface area contributed by atoms with Gasteiger partial charge in [-0.2, -0.15) is 4.98 Å². The molecule has 1 aromatic heterocycles. The van der Waals surface area contributed by atoms with Crippen LogP contribution in [0.4, 0.5) is 0 Å². The highest BCUT2D eigenvalue weighted by atomic mass is 16.5. The molecule has 0 saturated heterocycles. The summed E-state index contributed by atoms with van der Waals surface area (Å²) in [4.78, 5) is 15.7. The van der Waals surface area contributed by atoms with E-state index in [1.807, 2.05) is 0 Å². The molecule has 0 aliphatic carbocycles. The molecule has 0 saturated carbocycles. The van der Waals surface area contributed by atoms with Gasteiger partial charge in [0.05, 0.1) is 5.41 Å². The summed E-state index contributed by atoms with van der Waals surface area (Å²) in [5, 5.41) is 6.52. The normalized spacial score (nSPS) is 11.5. The lowest BCUT2D eigenvalue weighted by molar-refractivity contribution is -0.128. The van der Waals surface area contributed by atoms with Crippen molar-refractivity contribution in [3.05, 3.63) is 11.7 Å². The summed E-state index contributed by atoms with van der Waals surface area (Å²) in [7, 11) is 0. The van der Waals surface area contributed by atoms with Gasteiger partial charge in [0, 0.05) is 26.4 Å². The van der Waals surface area contributed by atoms with E-state index in [4.69, 9.17) is 10.3 Å². The van der Waals surface area contributed by atoms with Crippen LogP contribution in [0, 0.1) is 12.3 Å². The lowest BCUT2D eigenvalue weighted by Gasteiger charge is -2.20. The number of aromatic nitrogens is 2. The second-order valence-electron chi connectivity index (χ2n) is 4.32. The molecule has 6 heteroatoms. The van der Waals surface area contributed by atoms with Crippen molar-refractivity contribution in [3.63, 3.8) is 0 Å². The van der Waals surface area contributed by atoms with Crippen LogP contribution in [0.5, 0.6) is 0 Å². The number of nitrogens with two attached hydrogens (primary N) is 1. The number of nitrogens with zero attached hydrogens (tertiary/aromatic N) is 2. The van der Waals surface area contributed by atoms with Crippen molar-refractivity contribution in [1.29, 1.82) is 0 Å². The van der Waals surface area contributed by atoms with Gasteiger partial charge in [0.2, 0.25) is 11.8 Å². The number of rotatable bonds is 5. The van der Waals surface area contributed by atoms with Gasteiger partial charge >= 0.3 is 0 Å². The minimum absolute atomic E-state index is 0.0600. The summed E-state index contributed by atoms with van der Waals surface area (Å²) in [5.41, 5.74) is 4.96. The Hall–Kier alpha value is -1.43. The molecule has 0 aromatic carbocycles. The van der Waals surface area contributed by atoms with Gasteiger partial charge in [-0.3, -0.25) is 4.79 Å². The minimum Gasteiger partial charge on any atom is -0.355 e. The number of aryl methyl sites for hydroxylation is 1. The Balaban J connectivity index is 2.33. The maximum atomic E-state index is 11.6. The number of hydrogen-bond acceptors (Lipinski definition) is 5. The summed E-state index contributed by atoms with van der Waals surface area (Å²) in [5.74, 6) is 1.07. The van der Waals surface area contributed by atoms with Crippen LogP contribution >= 0.6 is 0 Å². The van der Waals surface area contributed by atoms with Gasteiger partial charge in [0.1, 0.15) is 0 Å². The third-order valence-corrected chi connectivity index (χ3v) is 2.33. The molecule has 0 radical (unpaired) electrons. The number of carbonyl (C=O) groups excluding carboxylic acids is 1. The molecule has 0 aliphatic rings. The van der Waals surface area contributed by atoms with Gasteiger partial charge in [0.15, 0.2) is 5.82 Å². The first-order valence-electron chi connectivity index (χ1n) is 5.23. The SMILES string of the molecule is Cc1nc(CCNC(=O)C(C)(C)CN)no1. The molecule has 1 aromatic rings. The van der Waals surface area contributed by atoms with Gasteiger partial charge < -0.3 is 15.6 Å². The maximum Gasteiger partial charge on any atom is 0.226 e. The molecule has 0 aliphatic heterocycles. The Morgan fingerprint density at radius 2 is 2.25 bits per heavy atom. The molecule has 1 amide bonds. The molecule has 0 fully saturated rings. The summed E-state index contributed by atoms with van der Waals surface area (Å²) >= 11 is 0. The van der Waals surface area contributed by atoms with E-state index in [9.17, 15) is 4.79 Å². The fraction of sp³-hybridized carbons (Fsp3) is 0.700. The van der Waals surface area contributed by atoms with Crippen LogP contribution < -0.4 is 11.1 Å². The van der Waals surface area contributed by atoms with Crippen molar-refractivity contribution in [1.82, 2.24) is 15.5 Å². The molecule has 0 unspecified atom stereocenters. The van der Waals surface area contributed by atoms with Crippen LogP contribution in [0.2, 0.25) is 0 Å². The fourth-order valence-electron chi connectivity index (χ4n) is 1.06. The molecule has 0 spiro atoms. The molecule has 6 nitrogen and oxygen atoms in total. The third-order valence-electron chi connectivity index (χ3n) is 2.33. The average Bonchev–Trinajstić information content (AvgIpc) is 2.64. The highest BCUT2D eigenvalue weighted by Gasteiger charge is 2.25. The Labute approximate surface area is 94.6 Å². The summed E-state index contributed by atoms with van der Waals surface area (Å²) in [6.45, 7) is 6.15. The van der Waals surface area contributed by atoms with Gasteiger partial charge in [-0.05, 0) is 13.8 Å². The molecule has 1 rings (SSSR count). The zero-order valence-electron chi connectivity index (χ0n) is 9.91. The van der Waals surface area contributed by atoms with Crippen molar-refractivity contribution in [2.75, 3.05) is 13.1 Å². The van der Waals surface area contributed by atoms with E-state index in [1.54, 1.807) is 20.8 Å². The Bertz CT molecular complexity index is 359. The van der Waals surface area contributed by atoms with Crippen molar-refractivity contribution >= 4 is 5.91 Å². The Morgan fingerprint density at radius 3 is 2.75 bits per heavy atom. The van der Waals surface area contributed by atoms with E-state index in [0.717, 1.165) is 0 Å². The Morgan fingerprint density at radius 1 is 1.56 bits per heavy atom. The second-order valence-corrected chi connectivity index (χ2v) is 4.32. The largest absolute Gasteiger partial charge is 0.355 e. The summed E-state index contributed by atoms with van der Waals surface area (Å²) < 4.78 is 4.82. The van der Waals surface area contributed by atoms with Crippen LogP contribution in [0.25, 0.3) is 0 Å². The van der Waals surface area contributed by atoms with Crippen molar-refractivity contribution < 1.29 is 9.32 Å². The van der Waals surface area contributed by atoms with E-state index in [1.165, 1.54) is 0 Å². The lowest BCUT2D eigenvalue weighted by Crippen LogP contribution is -2.42. The number of carbonyl (C=O) groups is 1. The molecule has 0 bridgehead atoms. The highest BCUT2D eigenvalue weighted by molar-refractivity contribution is 5.81. The second kappa shape index (κ2) is 5.07. The Kier molecular flexibility index (Phi) is 4.00. The predicted octanol–water partition coefficient (Wildman–Crippen LogP) is 0.0216. The molecular weight excluding hydrogens is 208 g/mol. The van der Waals surface area contributed by atoms with Gasteiger partial charge in [0.25, 0.3) is 0 Å². The maximum absolute atomic E-state index is 11.6. The van der Waals surface area contributed by atoms with Gasteiger partial charge in [-0.25, -0.2) is 0 Å². The van der Waals surface area contributed by atoms with Crippen LogP contribution in [-0.2, 0) is 11.2 Å². The molecule has 3 N–H and O–H groups in total. The predicted molar refractivity (Wildman–Crippen MR) is 58.6 cm³/mol. The van der Waals surface area contributed by atoms with Gasteiger partial charge in [-0.1, -0.05) is 5.16 Å². The summed E-state index contributed by atoms with van der Waals surface area (Å²) in [6.07, 6.45) is 0.559. The molecule has 1 heterocycles. The zero-order chi connectivity index (χ0) is 12.2. The highest BCUT2D eigenvalue weighted by Crippen LogP contribution is 2.11. The van der Waals surface area contributed by atoms with Crippen molar-refractivity contribution in [3.8, 4) is 0 Å². The summed E-state index contributed by atoms with van der Waals surface area (Å²) in [6, 6.07) is 0. The molecular formula is C10H18N4O2. The molecule has 16 heavy (non-hydrogen) atoms. The number of hydrogen-bond donors (Lipinski definition) is 2. The van der Waals surface area contributed by atoms with Crippen molar-refractivity contribution in [2.24, 2.45) is 11.1 Å². The lowest BCUT2D eigenvalue weighted by atomic mass is 9.93. The smallest absolute Gasteiger partial charge is 0.226 e. The topological polar surface area (TPSA) is 94.0 Å². The third kappa shape index (κ3) is 3.30. The minimum atomic E-state index is -0.535. The van der Waals surface area contributed by atoms with Crippen LogP contribution in [-0.4, -0.2) is 29.1 Å². The number of nitrogens with one attached hydrogen (secondary N) is 1. The first-order valence-corrected chi connectivity index (χ1v) is 5.23. The van der Waals surface area contributed by atoms with Crippen LogP contribution in [0.3, 0.4) is 0 Å². The number of amides is 1. The van der Waals surface area contributed by atoms with Gasteiger partial charge in [-0.15, -0.1) is 0 Å². The van der Waals surface area contributed by atoms with E-state index >= 15 is 0 Å². The first kappa shape index (κ1) is 12.6. The monoisotopic (exact) mass is 226 g/mol. The molecule has 0 atom stereocenters. The van der Waals surface area contributed by atoms with Crippen LogP contribution in [0.15, 0.2) is 4.52 Å². The van der Waals surface area contributed by atoms with Crippen LogP contribution in [0.1, 0.15) is 25.6 Å². The fourth-order valence-corrected chi connectivity index (χ4v) is 1.06. The quantitative estimate of drug-likeness (QED) is 0.738. The van der Waals surface area contributed by atoms with Crippen molar-refractivity contribution in [2.45, 2.75) is 27.2 Å². The van der Waals surface area contributed by atoms with E-state index in [0.29, 0.717) is 31.2 Å². The first-order chi connectivity index (χ1) is 7.45. The zero-order valence-corrected chi connectivity index (χ0v) is 9.91. The standard InChI is InChI=1S/C10H18N4O2/c1-7-13-8(14-16-7)4-5-12-9(15)10(2,3)6-11/h4-6,11H2,1-3H3,(H,12,15). The average molecular weight is 226 g/mol. The van der Waals surface area contributed by atoms with E-state index < -0.39 is 5.41 Å². The molecule has 90 valence electrons.